The highest BCUT2D eigenvalue weighted by Gasteiger charge is 2.29. The van der Waals surface area contributed by atoms with E-state index in [1.807, 2.05) is 4.72 Å². The zero-order valence-electron chi connectivity index (χ0n) is 12.9. The van der Waals surface area contributed by atoms with Gasteiger partial charge in [-0.2, -0.15) is 0 Å². The molecule has 0 radical (unpaired) electrons. The lowest BCUT2D eigenvalue weighted by atomic mass is 10.1. The average Bonchev–Trinajstić information content (AvgIpc) is 2.60. The lowest BCUT2D eigenvalue weighted by molar-refractivity contribution is -0.107. The van der Waals surface area contributed by atoms with Crippen LogP contribution in [0.2, 0.25) is 0 Å². The molecule has 1 amide bonds. The summed E-state index contributed by atoms with van der Waals surface area (Å²) >= 11 is 0. The Morgan fingerprint density at radius 3 is 2.44 bits per heavy atom. The van der Waals surface area contributed by atoms with Crippen molar-refractivity contribution in [1.82, 2.24) is 9.71 Å². The third-order valence-electron chi connectivity index (χ3n) is 3.41. The summed E-state index contributed by atoms with van der Waals surface area (Å²) in [5.41, 5.74) is 0.483. The van der Waals surface area contributed by atoms with E-state index in [4.69, 9.17) is 5.11 Å². The summed E-state index contributed by atoms with van der Waals surface area (Å²) in [4.78, 5) is 26.8. The summed E-state index contributed by atoms with van der Waals surface area (Å²) in [5.74, 6) is -1.47. The summed E-state index contributed by atoms with van der Waals surface area (Å²) in [7, 11) is -4.24. The number of aliphatic hydroxyl groups excluding tert-OH is 1. The topological polar surface area (TPSA) is 113 Å². The first-order valence-electron chi connectivity index (χ1n) is 7.18. The van der Waals surface area contributed by atoms with Crippen molar-refractivity contribution >= 4 is 22.2 Å². The number of aldehydes is 1. The molecule has 2 N–H and O–H groups in total. The van der Waals surface area contributed by atoms with Gasteiger partial charge in [-0.05, 0) is 29.8 Å². The molecule has 9 heteroatoms. The van der Waals surface area contributed by atoms with Crippen LogP contribution in [-0.2, 0) is 21.4 Å². The Labute approximate surface area is 143 Å². The number of hydrogen-bond acceptors (Lipinski definition) is 6. The first-order valence-corrected chi connectivity index (χ1v) is 8.73. The molecule has 1 unspecified atom stereocenters. The van der Waals surface area contributed by atoms with Gasteiger partial charge in [-0.3, -0.25) is 9.78 Å². The third-order valence-corrected chi connectivity index (χ3v) is 5.09. The molecule has 0 aliphatic heterocycles. The number of sulfonamides is 1. The predicted octanol–water partition coefficient (Wildman–Crippen LogP) is 1.10. The molecule has 132 valence electrons. The summed E-state index contributed by atoms with van der Waals surface area (Å²) < 4.78 is 39.8. The van der Waals surface area contributed by atoms with Crippen molar-refractivity contribution in [2.45, 2.75) is 18.3 Å². The number of nitrogens with zero attached hydrogens (tertiary/aromatic N) is 1. The van der Waals surface area contributed by atoms with Crippen molar-refractivity contribution in [3.8, 4) is 0 Å². The van der Waals surface area contributed by atoms with Gasteiger partial charge in [0.15, 0.2) is 0 Å². The first kappa shape index (κ1) is 18.7. The van der Waals surface area contributed by atoms with Gasteiger partial charge in [0, 0.05) is 12.6 Å². The molecule has 0 fully saturated rings. The van der Waals surface area contributed by atoms with Gasteiger partial charge in [-0.1, -0.05) is 12.1 Å². The van der Waals surface area contributed by atoms with E-state index in [9.17, 15) is 22.4 Å². The number of aromatic nitrogens is 1. The van der Waals surface area contributed by atoms with E-state index < -0.39 is 33.4 Å². The van der Waals surface area contributed by atoms with Crippen LogP contribution >= 0.6 is 0 Å². The number of halogens is 1. The molecular weight excluding hydrogens is 351 g/mol. The SMILES string of the molecule is O=CCC(c1ccc(F)cc1)S(=O)(=O)NC(=O)c1ccc(CO)nc1. The maximum atomic E-state index is 13.0. The van der Waals surface area contributed by atoms with E-state index in [0.29, 0.717) is 12.0 Å². The van der Waals surface area contributed by atoms with Crippen LogP contribution in [0.3, 0.4) is 0 Å². The lowest BCUT2D eigenvalue weighted by Gasteiger charge is -2.16. The van der Waals surface area contributed by atoms with Gasteiger partial charge < -0.3 is 9.90 Å². The number of hydrogen-bond donors (Lipinski definition) is 2. The molecule has 0 aliphatic rings. The van der Waals surface area contributed by atoms with Gasteiger partial charge in [-0.15, -0.1) is 0 Å². The molecule has 2 rings (SSSR count). The summed E-state index contributed by atoms with van der Waals surface area (Å²) in [6.07, 6.45) is 1.15. The van der Waals surface area contributed by atoms with E-state index in [2.05, 4.69) is 4.98 Å². The number of nitrogens with one attached hydrogen (secondary N) is 1. The van der Waals surface area contributed by atoms with Crippen LogP contribution in [0, 0.1) is 5.82 Å². The molecular formula is C16H15FN2O5S. The van der Waals surface area contributed by atoms with Crippen LogP contribution in [0.15, 0.2) is 42.6 Å². The first-order chi connectivity index (χ1) is 11.9. The minimum atomic E-state index is -4.24. The van der Waals surface area contributed by atoms with Gasteiger partial charge in [0.05, 0.1) is 17.9 Å². The second-order valence-electron chi connectivity index (χ2n) is 5.12. The van der Waals surface area contributed by atoms with E-state index in [-0.39, 0.29) is 17.7 Å². The average molecular weight is 366 g/mol. The zero-order valence-corrected chi connectivity index (χ0v) is 13.7. The number of amides is 1. The van der Waals surface area contributed by atoms with Crippen molar-refractivity contribution in [2.75, 3.05) is 0 Å². The molecule has 0 saturated carbocycles. The second kappa shape index (κ2) is 7.95. The van der Waals surface area contributed by atoms with Crippen molar-refractivity contribution in [3.63, 3.8) is 0 Å². The van der Waals surface area contributed by atoms with Crippen LogP contribution < -0.4 is 4.72 Å². The van der Waals surface area contributed by atoms with Gasteiger partial charge in [0.1, 0.15) is 17.4 Å². The van der Waals surface area contributed by atoms with Crippen molar-refractivity contribution < 1.29 is 27.5 Å². The van der Waals surface area contributed by atoms with Gasteiger partial charge in [-0.25, -0.2) is 17.5 Å². The molecule has 1 aromatic carbocycles. The van der Waals surface area contributed by atoms with Crippen molar-refractivity contribution in [2.24, 2.45) is 0 Å². The van der Waals surface area contributed by atoms with Crippen molar-refractivity contribution in [1.29, 1.82) is 0 Å². The quantitative estimate of drug-likeness (QED) is 0.710. The summed E-state index contributed by atoms with van der Waals surface area (Å²) in [5, 5.41) is 7.58. The summed E-state index contributed by atoms with van der Waals surface area (Å²) in [6.45, 7) is -0.313. The molecule has 0 spiro atoms. The Balaban J connectivity index is 2.25. The minimum Gasteiger partial charge on any atom is -0.390 e. The number of rotatable bonds is 7. The molecule has 2 aromatic rings. The molecule has 1 aromatic heterocycles. The Hall–Kier alpha value is -2.65. The highest BCUT2D eigenvalue weighted by atomic mass is 32.2. The molecule has 1 heterocycles. The fourth-order valence-electron chi connectivity index (χ4n) is 2.12. The van der Waals surface area contributed by atoms with Crippen molar-refractivity contribution in [3.05, 3.63) is 65.2 Å². The van der Waals surface area contributed by atoms with Gasteiger partial charge in [0.2, 0.25) is 10.0 Å². The number of carbonyl (C=O) groups is 2. The molecule has 25 heavy (non-hydrogen) atoms. The third kappa shape index (κ3) is 4.68. The van der Waals surface area contributed by atoms with E-state index in [1.165, 1.54) is 24.3 Å². The summed E-state index contributed by atoms with van der Waals surface area (Å²) in [6, 6.07) is 7.32. The molecule has 0 saturated heterocycles. The van der Waals surface area contributed by atoms with Crippen LogP contribution in [0.1, 0.15) is 33.3 Å². The monoisotopic (exact) mass is 366 g/mol. The number of aliphatic hydroxyl groups is 1. The van der Waals surface area contributed by atoms with Crippen LogP contribution in [-0.4, -0.2) is 30.7 Å². The minimum absolute atomic E-state index is 0.0234. The number of carbonyl (C=O) groups excluding carboxylic acids is 2. The Bertz CT molecular complexity index is 851. The van der Waals surface area contributed by atoms with Crippen LogP contribution in [0.5, 0.6) is 0 Å². The van der Waals surface area contributed by atoms with E-state index in [1.54, 1.807) is 0 Å². The van der Waals surface area contributed by atoms with Gasteiger partial charge >= 0.3 is 0 Å². The lowest BCUT2D eigenvalue weighted by Crippen LogP contribution is -2.34. The smallest absolute Gasteiger partial charge is 0.266 e. The number of pyridine rings is 1. The highest BCUT2D eigenvalue weighted by Crippen LogP contribution is 2.25. The second-order valence-corrected chi connectivity index (χ2v) is 6.98. The fraction of sp³-hybridized carbons (Fsp3) is 0.188. The van der Waals surface area contributed by atoms with E-state index >= 15 is 0 Å². The molecule has 1 atom stereocenters. The molecule has 7 nitrogen and oxygen atoms in total. The Kier molecular flexibility index (Phi) is 5.94. The zero-order chi connectivity index (χ0) is 18.4. The number of benzene rings is 1. The Morgan fingerprint density at radius 2 is 1.92 bits per heavy atom. The van der Waals surface area contributed by atoms with Crippen LogP contribution in [0.25, 0.3) is 0 Å². The van der Waals surface area contributed by atoms with Crippen LogP contribution in [0.4, 0.5) is 4.39 Å². The standard InChI is InChI=1S/C16H15FN2O5S/c17-13-4-1-11(2-5-13)15(7-8-20)25(23,24)19-16(22)12-3-6-14(10-21)18-9-12/h1-6,8-9,15,21H,7,10H2,(H,19,22). The molecule has 0 bridgehead atoms. The van der Waals surface area contributed by atoms with Gasteiger partial charge in [0.25, 0.3) is 5.91 Å². The maximum absolute atomic E-state index is 13.0. The largest absolute Gasteiger partial charge is 0.390 e. The fourth-order valence-corrected chi connectivity index (χ4v) is 3.48. The Morgan fingerprint density at radius 1 is 1.24 bits per heavy atom. The maximum Gasteiger partial charge on any atom is 0.266 e. The van der Waals surface area contributed by atoms with E-state index in [0.717, 1.165) is 18.3 Å². The predicted molar refractivity (Wildman–Crippen MR) is 86.4 cm³/mol. The normalized spacial score (nSPS) is 12.4. The highest BCUT2D eigenvalue weighted by molar-refractivity contribution is 7.90. The molecule has 0 aliphatic carbocycles.